The van der Waals surface area contributed by atoms with E-state index in [4.69, 9.17) is 4.74 Å². The van der Waals surface area contributed by atoms with Crippen LogP contribution in [0.15, 0.2) is 59.5 Å². The van der Waals surface area contributed by atoms with Crippen LogP contribution in [0.1, 0.15) is 5.56 Å². The molecule has 0 aliphatic rings. The minimum absolute atomic E-state index is 0.181. The molecule has 0 heterocycles. The first-order valence-corrected chi connectivity index (χ1v) is 7.63. The number of hydrogen-bond acceptors (Lipinski definition) is 3. The Kier molecular flexibility index (Phi) is 4.42. The van der Waals surface area contributed by atoms with Crippen LogP contribution in [0.2, 0.25) is 0 Å². The number of hydrogen-bond donors (Lipinski definition) is 0. The van der Waals surface area contributed by atoms with Crippen molar-refractivity contribution in [2.24, 2.45) is 0 Å². The van der Waals surface area contributed by atoms with Gasteiger partial charge in [0.2, 0.25) is 10.0 Å². The van der Waals surface area contributed by atoms with Crippen molar-refractivity contribution in [3.8, 4) is 5.75 Å². The molecule has 5 heteroatoms. The fourth-order valence-corrected chi connectivity index (χ4v) is 3.24. The predicted octanol–water partition coefficient (Wildman–Crippen LogP) is 2.52. The Hall–Kier alpha value is -1.85. The zero-order chi connectivity index (χ0) is 14.6. The molecule has 0 fully saturated rings. The summed E-state index contributed by atoms with van der Waals surface area (Å²) in [4.78, 5) is 0.181. The van der Waals surface area contributed by atoms with Gasteiger partial charge in [-0.15, -0.1) is 0 Å². The fraction of sp³-hybridized carbons (Fsp3) is 0.200. The molecule has 0 unspecified atom stereocenters. The number of para-hydroxylation sites is 1. The highest BCUT2D eigenvalue weighted by atomic mass is 32.2. The van der Waals surface area contributed by atoms with E-state index in [1.165, 1.54) is 11.4 Å². The van der Waals surface area contributed by atoms with Gasteiger partial charge in [0.05, 0.1) is 7.11 Å². The molecule has 0 aliphatic carbocycles. The van der Waals surface area contributed by atoms with E-state index in [9.17, 15) is 8.42 Å². The highest BCUT2D eigenvalue weighted by Gasteiger charge is 2.24. The Morgan fingerprint density at radius 1 is 1.00 bits per heavy atom. The lowest BCUT2D eigenvalue weighted by Crippen LogP contribution is -2.26. The molecule has 106 valence electrons. The van der Waals surface area contributed by atoms with Gasteiger partial charge in [-0.1, -0.05) is 42.5 Å². The first-order valence-electron chi connectivity index (χ1n) is 6.19. The molecule has 2 aromatic rings. The molecular formula is C15H17NO3S. The van der Waals surface area contributed by atoms with Gasteiger partial charge in [0.1, 0.15) is 10.6 Å². The topological polar surface area (TPSA) is 46.6 Å². The maximum atomic E-state index is 12.6. The fourth-order valence-electron chi connectivity index (χ4n) is 1.93. The van der Waals surface area contributed by atoms with Crippen molar-refractivity contribution in [2.75, 3.05) is 14.2 Å². The molecule has 0 saturated carbocycles. The molecule has 20 heavy (non-hydrogen) atoms. The number of benzene rings is 2. The third-order valence-electron chi connectivity index (χ3n) is 3.01. The van der Waals surface area contributed by atoms with E-state index < -0.39 is 10.0 Å². The summed E-state index contributed by atoms with van der Waals surface area (Å²) in [6.45, 7) is 0.321. The van der Waals surface area contributed by atoms with Crippen LogP contribution in [-0.4, -0.2) is 26.9 Å². The normalized spacial score (nSPS) is 11.6. The lowest BCUT2D eigenvalue weighted by Gasteiger charge is -2.18. The number of sulfonamides is 1. The maximum absolute atomic E-state index is 12.6. The Bertz CT molecular complexity index is 669. The highest BCUT2D eigenvalue weighted by molar-refractivity contribution is 7.89. The summed E-state index contributed by atoms with van der Waals surface area (Å²) in [5.41, 5.74) is 0.938. The molecule has 0 saturated heterocycles. The second-order valence-electron chi connectivity index (χ2n) is 4.40. The summed E-state index contributed by atoms with van der Waals surface area (Å²) in [5, 5.41) is 0. The van der Waals surface area contributed by atoms with Crippen molar-refractivity contribution in [3.63, 3.8) is 0 Å². The molecule has 2 rings (SSSR count). The molecule has 0 bridgehead atoms. The molecular weight excluding hydrogens is 274 g/mol. The summed E-state index contributed by atoms with van der Waals surface area (Å²) in [6.07, 6.45) is 0. The Morgan fingerprint density at radius 3 is 2.25 bits per heavy atom. The predicted molar refractivity (Wildman–Crippen MR) is 78.1 cm³/mol. The van der Waals surface area contributed by atoms with Gasteiger partial charge in [-0.25, -0.2) is 8.42 Å². The van der Waals surface area contributed by atoms with Gasteiger partial charge in [-0.05, 0) is 17.7 Å². The van der Waals surface area contributed by atoms with E-state index >= 15 is 0 Å². The molecule has 0 atom stereocenters. The molecule has 0 aliphatic heterocycles. The standard InChI is InChI=1S/C15H17NO3S/c1-16(12-13-8-4-3-5-9-13)20(17,18)15-11-7-6-10-14(15)19-2/h3-11H,12H2,1-2H3. The highest BCUT2D eigenvalue weighted by Crippen LogP contribution is 2.26. The van der Waals surface area contributed by atoms with Gasteiger partial charge in [0, 0.05) is 13.6 Å². The van der Waals surface area contributed by atoms with Crippen molar-refractivity contribution in [1.29, 1.82) is 0 Å². The van der Waals surface area contributed by atoms with Gasteiger partial charge in [0.25, 0.3) is 0 Å². The molecule has 0 N–H and O–H groups in total. The average molecular weight is 291 g/mol. The number of methoxy groups -OCH3 is 1. The molecule has 0 spiro atoms. The van der Waals surface area contributed by atoms with Crippen LogP contribution in [0, 0.1) is 0 Å². The van der Waals surface area contributed by atoms with Crippen molar-refractivity contribution < 1.29 is 13.2 Å². The van der Waals surface area contributed by atoms with Crippen molar-refractivity contribution >= 4 is 10.0 Å². The van der Waals surface area contributed by atoms with Crippen LogP contribution in [-0.2, 0) is 16.6 Å². The van der Waals surface area contributed by atoms with Gasteiger partial charge in [-0.2, -0.15) is 4.31 Å². The average Bonchev–Trinajstić information content (AvgIpc) is 2.48. The van der Waals surface area contributed by atoms with Crippen molar-refractivity contribution in [2.45, 2.75) is 11.4 Å². The molecule has 4 nitrogen and oxygen atoms in total. The van der Waals surface area contributed by atoms with E-state index in [-0.39, 0.29) is 4.90 Å². The Balaban J connectivity index is 2.30. The van der Waals surface area contributed by atoms with Gasteiger partial charge < -0.3 is 4.74 Å². The second kappa shape index (κ2) is 6.07. The zero-order valence-electron chi connectivity index (χ0n) is 11.5. The molecule has 0 radical (unpaired) electrons. The first-order chi connectivity index (χ1) is 9.55. The van der Waals surface area contributed by atoms with E-state index in [0.29, 0.717) is 12.3 Å². The SMILES string of the molecule is COc1ccccc1S(=O)(=O)N(C)Cc1ccccc1. The van der Waals surface area contributed by atoms with Gasteiger partial charge in [0.15, 0.2) is 0 Å². The quantitative estimate of drug-likeness (QED) is 0.850. The van der Waals surface area contributed by atoms with E-state index in [1.807, 2.05) is 30.3 Å². The summed E-state index contributed by atoms with van der Waals surface area (Å²) < 4.78 is 31.6. The lowest BCUT2D eigenvalue weighted by atomic mass is 10.2. The van der Waals surface area contributed by atoms with Crippen LogP contribution in [0.3, 0.4) is 0 Å². The third kappa shape index (κ3) is 3.00. The number of nitrogens with zero attached hydrogens (tertiary/aromatic N) is 1. The lowest BCUT2D eigenvalue weighted by molar-refractivity contribution is 0.397. The Labute approximate surface area is 119 Å². The van der Waals surface area contributed by atoms with Crippen molar-refractivity contribution in [3.05, 3.63) is 60.2 Å². The van der Waals surface area contributed by atoms with Crippen LogP contribution in [0.25, 0.3) is 0 Å². The summed E-state index contributed by atoms with van der Waals surface area (Å²) >= 11 is 0. The van der Waals surface area contributed by atoms with Crippen LogP contribution >= 0.6 is 0 Å². The smallest absolute Gasteiger partial charge is 0.246 e. The van der Waals surface area contributed by atoms with E-state index in [0.717, 1.165) is 5.56 Å². The monoisotopic (exact) mass is 291 g/mol. The third-order valence-corrected chi connectivity index (χ3v) is 4.85. The molecule has 0 aromatic heterocycles. The van der Waals surface area contributed by atoms with Gasteiger partial charge in [-0.3, -0.25) is 0 Å². The van der Waals surface area contributed by atoms with Gasteiger partial charge >= 0.3 is 0 Å². The Morgan fingerprint density at radius 2 is 1.60 bits per heavy atom. The van der Waals surface area contributed by atoms with Crippen LogP contribution in [0.4, 0.5) is 0 Å². The largest absolute Gasteiger partial charge is 0.495 e. The number of rotatable bonds is 5. The van der Waals surface area contributed by atoms with Crippen molar-refractivity contribution in [1.82, 2.24) is 4.31 Å². The maximum Gasteiger partial charge on any atom is 0.246 e. The molecule has 2 aromatic carbocycles. The van der Waals surface area contributed by atoms with Crippen LogP contribution < -0.4 is 4.74 Å². The minimum atomic E-state index is -3.57. The first kappa shape index (κ1) is 14.6. The molecule has 0 amide bonds. The number of ether oxygens (including phenoxy) is 1. The van der Waals surface area contributed by atoms with Crippen LogP contribution in [0.5, 0.6) is 5.75 Å². The summed E-state index contributed by atoms with van der Waals surface area (Å²) in [7, 11) is -0.544. The minimum Gasteiger partial charge on any atom is -0.495 e. The second-order valence-corrected chi connectivity index (χ2v) is 6.41. The summed E-state index contributed by atoms with van der Waals surface area (Å²) in [5.74, 6) is 0.354. The zero-order valence-corrected chi connectivity index (χ0v) is 12.3. The van der Waals surface area contributed by atoms with E-state index in [1.54, 1.807) is 31.3 Å². The van der Waals surface area contributed by atoms with E-state index in [2.05, 4.69) is 0 Å². The summed E-state index contributed by atoms with van der Waals surface area (Å²) in [6, 6.07) is 16.1.